The first-order valence-electron chi connectivity index (χ1n) is 6.63. The number of para-hydroxylation sites is 1. The lowest BCUT2D eigenvalue weighted by Gasteiger charge is -2.09. The van der Waals surface area contributed by atoms with Crippen molar-refractivity contribution in [3.63, 3.8) is 0 Å². The number of benzene rings is 2. The number of fused-ring (bicyclic) bond motifs is 1. The first kappa shape index (κ1) is 14.3. The summed E-state index contributed by atoms with van der Waals surface area (Å²) in [4.78, 5) is 11.7. The highest BCUT2D eigenvalue weighted by Crippen LogP contribution is 2.30. The molecule has 0 aliphatic heterocycles. The molecule has 0 amide bonds. The van der Waals surface area contributed by atoms with Crippen molar-refractivity contribution in [3.05, 3.63) is 72.4 Å². The zero-order chi connectivity index (χ0) is 15.7. The zero-order valence-corrected chi connectivity index (χ0v) is 12.5. The molecule has 0 bridgehead atoms. The third-order valence-corrected chi connectivity index (χ3v) is 5.25. The Balaban J connectivity index is 2.46. The molecule has 22 heavy (non-hydrogen) atoms. The van der Waals surface area contributed by atoms with Crippen LogP contribution in [-0.2, 0) is 10.0 Å². The predicted molar refractivity (Wildman–Crippen MR) is 86.4 cm³/mol. The monoisotopic (exact) mass is 311 g/mol. The van der Waals surface area contributed by atoms with Gasteiger partial charge in [-0.2, -0.15) is 0 Å². The molecule has 0 atom stereocenters. The molecule has 4 nitrogen and oxygen atoms in total. The van der Waals surface area contributed by atoms with Crippen LogP contribution in [0.3, 0.4) is 0 Å². The molecule has 0 aliphatic carbocycles. The Hall–Kier alpha value is -2.66. The maximum atomic E-state index is 12.9. The van der Waals surface area contributed by atoms with Crippen molar-refractivity contribution < 1.29 is 13.2 Å². The van der Waals surface area contributed by atoms with E-state index in [1.54, 1.807) is 42.5 Å². The lowest BCUT2D eigenvalue weighted by atomic mass is 10.1. The van der Waals surface area contributed by atoms with Gasteiger partial charge in [-0.1, -0.05) is 49.1 Å². The smallest absolute Gasteiger partial charge is 0.268 e. The molecule has 0 saturated heterocycles. The van der Waals surface area contributed by atoms with Gasteiger partial charge in [0.25, 0.3) is 10.0 Å². The van der Waals surface area contributed by atoms with Crippen molar-refractivity contribution in [2.75, 3.05) is 0 Å². The average molecular weight is 311 g/mol. The van der Waals surface area contributed by atoms with Crippen LogP contribution in [0.5, 0.6) is 0 Å². The van der Waals surface area contributed by atoms with Gasteiger partial charge in [0.05, 0.1) is 10.4 Å². The molecule has 3 aromatic rings. The number of aldehydes is 1. The zero-order valence-electron chi connectivity index (χ0n) is 11.6. The Morgan fingerprint density at radius 2 is 1.59 bits per heavy atom. The minimum Gasteiger partial charge on any atom is -0.296 e. The third kappa shape index (κ3) is 1.98. The maximum Gasteiger partial charge on any atom is 0.268 e. The molecule has 0 unspecified atom stereocenters. The molecule has 0 N–H and O–H groups in total. The fourth-order valence-corrected chi connectivity index (χ4v) is 4.07. The lowest BCUT2D eigenvalue weighted by Crippen LogP contribution is -2.15. The molecule has 0 aliphatic rings. The number of hydrogen-bond donors (Lipinski definition) is 0. The van der Waals surface area contributed by atoms with Gasteiger partial charge in [0, 0.05) is 10.9 Å². The Bertz CT molecular complexity index is 970. The first-order chi connectivity index (χ1) is 10.6. The van der Waals surface area contributed by atoms with E-state index in [1.165, 1.54) is 18.2 Å². The van der Waals surface area contributed by atoms with E-state index >= 15 is 0 Å². The topological polar surface area (TPSA) is 56.1 Å². The van der Waals surface area contributed by atoms with E-state index in [-0.39, 0.29) is 10.6 Å². The summed E-state index contributed by atoms with van der Waals surface area (Å²) in [5, 5.41) is 0.680. The second kappa shape index (κ2) is 5.27. The van der Waals surface area contributed by atoms with E-state index in [0.29, 0.717) is 22.8 Å². The van der Waals surface area contributed by atoms with Crippen molar-refractivity contribution in [2.45, 2.75) is 4.90 Å². The normalized spacial score (nSPS) is 11.5. The van der Waals surface area contributed by atoms with Crippen LogP contribution in [0.4, 0.5) is 0 Å². The van der Waals surface area contributed by atoms with Crippen LogP contribution in [0, 0.1) is 0 Å². The Morgan fingerprint density at radius 3 is 2.23 bits per heavy atom. The molecule has 3 rings (SSSR count). The van der Waals surface area contributed by atoms with Crippen LogP contribution < -0.4 is 0 Å². The van der Waals surface area contributed by atoms with E-state index in [1.807, 2.05) is 0 Å². The minimum absolute atomic E-state index is 0.0834. The quantitative estimate of drug-likeness (QED) is 0.694. The summed E-state index contributed by atoms with van der Waals surface area (Å²) in [5.74, 6) is 0. The molecule has 2 aromatic carbocycles. The SMILES string of the molecule is C=Cc1c(C=O)n(S(=O)(=O)c2ccccc2)c2ccccc12. The van der Waals surface area contributed by atoms with Crippen molar-refractivity contribution in [2.24, 2.45) is 0 Å². The summed E-state index contributed by atoms with van der Waals surface area (Å²) >= 11 is 0. The Morgan fingerprint density at radius 1 is 0.955 bits per heavy atom. The van der Waals surface area contributed by atoms with E-state index in [0.717, 1.165) is 3.97 Å². The van der Waals surface area contributed by atoms with Crippen LogP contribution in [-0.4, -0.2) is 18.7 Å². The summed E-state index contributed by atoms with van der Waals surface area (Å²) in [6.45, 7) is 3.69. The summed E-state index contributed by atoms with van der Waals surface area (Å²) in [6.07, 6.45) is 2.06. The number of carbonyl (C=O) groups is 1. The maximum absolute atomic E-state index is 12.9. The fraction of sp³-hybridized carbons (Fsp3) is 0. The third-order valence-electron chi connectivity index (χ3n) is 3.50. The Kier molecular flexibility index (Phi) is 3.42. The lowest BCUT2D eigenvalue weighted by molar-refractivity contribution is 0.111. The molecule has 0 saturated carbocycles. The second-order valence-electron chi connectivity index (χ2n) is 4.72. The summed E-state index contributed by atoms with van der Waals surface area (Å²) < 4.78 is 26.9. The number of nitrogens with zero attached hydrogens (tertiary/aromatic N) is 1. The van der Waals surface area contributed by atoms with Crippen LogP contribution >= 0.6 is 0 Å². The molecular weight excluding hydrogens is 298 g/mol. The van der Waals surface area contributed by atoms with Crippen LogP contribution in [0.2, 0.25) is 0 Å². The largest absolute Gasteiger partial charge is 0.296 e. The van der Waals surface area contributed by atoms with E-state index < -0.39 is 10.0 Å². The van der Waals surface area contributed by atoms with Crippen molar-refractivity contribution in [1.82, 2.24) is 3.97 Å². The van der Waals surface area contributed by atoms with Crippen LogP contribution in [0.1, 0.15) is 16.1 Å². The van der Waals surface area contributed by atoms with Crippen LogP contribution in [0.15, 0.2) is 66.1 Å². The summed E-state index contributed by atoms with van der Waals surface area (Å²) in [5.41, 5.74) is 1.06. The van der Waals surface area contributed by atoms with Gasteiger partial charge in [0.1, 0.15) is 5.69 Å². The number of carbonyl (C=O) groups excluding carboxylic acids is 1. The molecule has 5 heteroatoms. The van der Waals surface area contributed by atoms with Crippen molar-refractivity contribution in [3.8, 4) is 0 Å². The number of rotatable bonds is 4. The first-order valence-corrected chi connectivity index (χ1v) is 8.07. The fourth-order valence-electron chi connectivity index (χ4n) is 2.54. The van der Waals surface area contributed by atoms with Gasteiger partial charge in [0.15, 0.2) is 6.29 Å². The average Bonchev–Trinajstić information content (AvgIpc) is 2.89. The number of hydrogen-bond acceptors (Lipinski definition) is 3. The number of aromatic nitrogens is 1. The predicted octanol–water partition coefficient (Wildman–Crippen LogP) is 3.33. The molecule has 110 valence electrons. The molecule has 1 aromatic heterocycles. The van der Waals surface area contributed by atoms with Gasteiger partial charge in [-0.25, -0.2) is 12.4 Å². The highest BCUT2D eigenvalue weighted by molar-refractivity contribution is 7.90. The minimum atomic E-state index is -3.86. The second-order valence-corrected chi connectivity index (χ2v) is 6.51. The van der Waals surface area contributed by atoms with Gasteiger partial charge < -0.3 is 0 Å². The molecule has 1 heterocycles. The van der Waals surface area contributed by atoms with Crippen LogP contribution in [0.25, 0.3) is 17.0 Å². The van der Waals surface area contributed by atoms with Gasteiger partial charge >= 0.3 is 0 Å². The Labute approximate surface area is 128 Å². The highest BCUT2D eigenvalue weighted by atomic mass is 32.2. The van der Waals surface area contributed by atoms with Gasteiger partial charge in [-0.15, -0.1) is 0 Å². The summed E-state index contributed by atoms with van der Waals surface area (Å²) in [7, 11) is -3.86. The summed E-state index contributed by atoms with van der Waals surface area (Å²) in [6, 6.07) is 15.0. The van der Waals surface area contributed by atoms with Crippen molar-refractivity contribution >= 4 is 33.3 Å². The van der Waals surface area contributed by atoms with E-state index in [4.69, 9.17) is 0 Å². The molecule has 0 fully saturated rings. The molecule has 0 radical (unpaired) electrons. The molecular formula is C17H13NO3S. The van der Waals surface area contributed by atoms with Gasteiger partial charge in [0.2, 0.25) is 0 Å². The highest BCUT2D eigenvalue weighted by Gasteiger charge is 2.25. The van der Waals surface area contributed by atoms with Gasteiger partial charge in [-0.3, -0.25) is 4.79 Å². The van der Waals surface area contributed by atoms with E-state index in [9.17, 15) is 13.2 Å². The van der Waals surface area contributed by atoms with Gasteiger partial charge in [-0.05, 0) is 18.2 Å². The van der Waals surface area contributed by atoms with E-state index in [2.05, 4.69) is 6.58 Å². The molecule has 0 spiro atoms. The van der Waals surface area contributed by atoms with Crippen molar-refractivity contribution in [1.29, 1.82) is 0 Å². The standard InChI is InChI=1S/C17H13NO3S/c1-2-14-15-10-6-7-11-16(15)18(17(14)12-19)22(20,21)13-8-4-3-5-9-13/h2-12H,1H2.